The summed E-state index contributed by atoms with van der Waals surface area (Å²) in [6.07, 6.45) is 0.639. The van der Waals surface area contributed by atoms with Crippen molar-refractivity contribution in [1.29, 1.82) is 0 Å². The number of azo groups is 1. The molecule has 0 spiro atoms. The zero-order valence-electron chi connectivity index (χ0n) is 19.1. The summed E-state index contributed by atoms with van der Waals surface area (Å²) in [5, 5.41) is 11.1. The molecular formula is C24H29N5O4. The molecule has 0 aliphatic carbocycles. The molecule has 1 aliphatic rings. The minimum absolute atomic E-state index is 0.156. The molecule has 2 aromatic carbocycles. The lowest BCUT2D eigenvalue weighted by molar-refractivity contribution is -0.173. The summed E-state index contributed by atoms with van der Waals surface area (Å²) >= 11 is 0. The summed E-state index contributed by atoms with van der Waals surface area (Å²) in [4.78, 5) is 40.3. The van der Waals surface area contributed by atoms with E-state index in [-0.39, 0.29) is 19.5 Å². The average molecular weight is 452 g/mol. The van der Waals surface area contributed by atoms with E-state index >= 15 is 0 Å². The molecule has 1 heterocycles. The molecule has 2 amide bonds. The molecule has 9 nitrogen and oxygen atoms in total. The molecule has 0 unspecified atom stereocenters. The van der Waals surface area contributed by atoms with E-state index in [4.69, 9.17) is 10.5 Å². The van der Waals surface area contributed by atoms with E-state index in [2.05, 4.69) is 15.5 Å². The Hall–Kier alpha value is -3.59. The van der Waals surface area contributed by atoms with Crippen LogP contribution < -0.4 is 11.1 Å². The van der Waals surface area contributed by atoms with Crippen LogP contribution in [0.25, 0.3) is 0 Å². The lowest BCUT2D eigenvalue weighted by Gasteiger charge is -2.36. The molecule has 0 radical (unpaired) electrons. The smallest absolute Gasteiger partial charge is 0.342 e. The van der Waals surface area contributed by atoms with Crippen molar-refractivity contribution in [2.24, 2.45) is 16.0 Å². The molecule has 0 saturated carbocycles. The fourth-order valence-electron chi connectivity index (χ4n) is 3.63. The zero-order valence-corrected chi connectivity index (χ0v) is 19.1. The van der Waals surface area contributed by atoms with Crippen molar-refractivity contribution >= 4 is 34.8 Å². The quantitative estimate of drug-likeness (QED) is 0.393. The number of benzene rings is 2. The van der Waals surface area contributed by atoms with E-state index in [1.165, 1.54) is 4.90 Å². The molecule has 2 aromatic rings. The van der Waals surface area contributed by atoms with Crippen molar-refractivity contribution in [2.45, 2.75) is 44.8 Å². The lowest BCUT2D eigenvalue weighted by Crippen LogP contribution is -2.62. The number of carbonyl (C=O) groups is 3. The van der Waals surface area contributed by atoms with Crippen molar-refractivity contribution in [3.63, 3.8) is 0 Å². The van der Waals surface area contributed by atoms with E-state index in [1.54, 1.807) is 45.0 Å². The maximum Gasteiger partial charge on any atom is 0.342 e. The van der Waals surface area contributed by atoms with Gasteiger partial charge in [0.2, 0.25) is 11.4 Å². The Balaban J connectivity index is 1.81. The molecule has 1 fully saturated rings. The number of esters is 1. The number of anilines is 1. The van der Waals surface area contributed by atoms with E-state index in [9.17, 15) is 14.4 Å². The average Bonchev–Trinajstić information content (AvgIpc) is 3.24. The first kappa shape index (κ1) is 24.1. The SMILES string of the molecule is CC(C)(C)OC(=O)[C@@]1(C(=O)Nc2ccc(N=Nc3ccccc3)cc2)CCCN1C(=O)CN. The first-order valence-corrected chi connectivity index (χ1v) is 10.8. The predicted octanol–water partition coefficient (Wildman–Crippen LogP) is 3.70. The van der Waals surface area contributed by atoms with Gasteiger partial charge in [-0.2, -0.15) is 10.2 Å². The second-order valence-electron chi connectivity index (χ2n) is 8.75. The van der Waals surface area contributed by atoms with Crippen molar-refractivity contribution < 1.29 is 19.1 Å². The van der Waals surface area contributed by atoms with E-state index in [0.29, 0.717) is 17.8 Å². The van der Waals surface area contributed by atoms with Crippen LogP contribution in [0, 0.1) is 0 Å². The number of hydrogen-bond acceptors (Lipinski definition) is 7. The summed E-state index contributed by atoms with van der Waals surface area (Å²) in [7, 11) is 0. The van der Waals surface area contributed by atoms with Gasteiger partial charge in [0.1, 0.15) is 5.60 Å². The topological polar surface area (TPSA) is 126 Å². The Kier molecular flexibility index (Phi) is 7.23. The molecular weight excluding hydrogens is 422 g/mol. The van der Waals surface area contributed by atoms with Gasteiger partial charge in [-0.15, -0.1) is 0 Å². The van der Waals surface area contributed by atoms with Crippen LogP contribution in [0.15, 0.2) is 64.8 Å². The molecule has 0 aromatic heterocycles. The van der Waals surface area contributed by atoms with Crippen LogP contribution in [-0.4, -0.2) is 46.9 Å². The van der Waals surface area contributed by atoms with Gasteiger partial charge in [0, 0.05) is 12.2 Å². The second kappa shape index (κ2) is 9.91. The van der Waals surface area contributed by atoms with Crippen molar-refractivity contribution in [3.05, 3.63) is 54.6 Å². The third-order valence-electron chi connectivity index (χ3n) is 5.13. The summed E-state index contributed by atoms with van der Waals surface area (Å²) in [6, 6.07) is 16.0. The van der Waals surface area contributed by atoms with Gasteiger partial charge >= 0.3 is 5.97 Å². The summed E-state index contributed by atoms with van der Waals surface area (Å²) < 4.78 is 5.54. The molecule has 1 aliphatic heterocycles. The number of nitrogens with two attached hydrogens (primary N) is 1. The zero-order chi connectivity index (χ0) is 24.1. The molecule has 0 bridgehead atoms. The third-order valence-corrected chi connectivity index (χ3v) is 5.13. The maximum absolute atomic E-state index is 13.4. The van der Waals surface area contributed by atoms with Gasteiger partial charge in [-0.1, -0.05) is 18.2 Å². The van der Waals surface area contributed by atoms with Gasteiger partial charge in [-0.05, 0) is 70.0 Å². The Morgan fingerprint density at radius 3 is 2.21 bits per heavy atom. The Morgan fingerprint density at radius 1 is 1.03 bits per heavy atom. The molecule has 1 atom stereocenters. The Bertz CT molecular complexity index is 1030. The lowest BCUT2D eigenvalue weighted by atomic mass is 9.93. The van der Waals surface area contributed by atoms with Crippen LogP contribution in [0.2, 0.25) is 0 Å². The number of amides is 2. The van der Waals surface area contributed by atoms with E-state index in [0.717, 1.165) is 5.69 Å². The Morgan fingerprint density at radius 2 is 1.64 bits per heavy atom. The van der Waals surface area contributed by atoms with Gasteiger partial charge < -0.3 is 20.7 Å². The summed E-state index contributed by atoms with van der Waals surface area (Å²) in [5.41, 5.74) is 4.73. The van der Waals surface area contributed by atoms with Gasteiger partial charge in [0.05, 0.1) is 17.9 Å². The van der Waals surface area contributed by atoms with Gasteiger partial charge in [0.25, 0.3) is 5.91 Å². The first-order chi connectivity index (χ1) is 15.7. The highest BCUT2D eigenvalue weighted by Crippen LogP contribution is 2.34. The van der Waals surface area contributed by atoms with Crippen LogP contribution in [-0.2, 0) is 19.1 Å². The standard InChI is InChI=1S/C24H29N5O4/c1-23(2,3)33-22(32)24(14-7-15-29(24)20(30)16-25)21(31)26-17-10-12-19(13-11-17)28-27-18-8-5-4-6-9-18/h4-6,8-13H,7,14-16,25H2,1-3H3,(H,26,31)/t24-/m0/s1. The van der Waals surface area contributed by atoms with Gasteiger partial charge in [-0.3, -0.25) is 9.59 Å². The second-order valence-corrected chi connectivity index (χ2v) is 8.75. The molecule has 3 rings (SSSR count). The minimum Gasteiger partial charge on any atom is -0.458 e. The number of likely N-dealkylation sites (tertiary alicyclic amines) is 1. The van der Waals surface area contributed by atoms with Crippen molar-refractivity contribution in [1.82, 2.24) is 4.90 Å². The molecule has 33 heavy (non-hydrogen) atoms. The number of nitrogens with one attached hydrogen (secondary N) is 1. The van der Waals surface area contributed by atoms with Crippen molar-refractivity contribution in [2.75, 3.05) is 18.4 Å². The molecule has 1 saturated heterocycles. The van der Waals surface area contributed by atoms with E-state index < -0.39 is 28.9 Å². The number of rotatable bonds is 6. The third kappa shape index (κ3) is 5.61. The highest BCUT2D eigenvalue weighted by molar-refractivity contribution is 6.15. The first-order valence-electron chi connectivity index (χ1n) is 10.8. The highest BCUT2D eigenvalue weighted by atomic mass is 16.6. The molecule has 9 heteroatoms. The van der Waals surface area contributed by atoms with Crippen LogP contribution in [0.3, 0.4) is 0 Å². The molecule has 3 N–H and O–H groups in total. The van der Waals surface area contributed by atoms with Gasteiger partial charge in [-0.25, -0.2) is 4.79 Å². The predicted molar refractivity (Wildman–Crippen MR) is 124 cm³/mol. The monoisotopic (exact) mass is 451 g/mol. The normalized spacial score (nSPS) is 18.4. The number of ether oxygens (including phenoxy) is 1. The highest BCUT2D eigenvalue weighted by Gasteiger charge is 2.57. The minimum atomic E-state index is -1.77. The molecule has 174 valence electrons. The number of nitrogens with zero attached hydrogens (tertiary/aromatic N) is 3. The van der Waals surface area contributed by atoms with Crippen molar-refractivity contribution in [3.8, 4) is 0 Å². The number of hydrogen-bond donors (Lipinski definition) is 2. The maximum atomic E-state index is 13.4. The van der Waals surface area contributed by atoms with Crippen LogP contribution in [0.1, 0.15) is 33.6 Å². The summed E-state index contributed by atoms with van der Waals surface area (Å²) in [6.45, 7) is 5.08. The fraction of sp³-hybridized carbons (Fsp3) is 0.375. The largest absolute Gasteiger partial charge is 0.458 e. The van der Waals surface area contributed by atoms with Crippen LogP contribution in [0.5, 0.6) is 0 Å². The number of carbonyl (C=O) groups excluding carboxylic acids is 3. The van der Waals surface area contributed by atoms with Crippen LogP contribution in [0.4, 0.5) is 17.1 Å². The summed E-state index contributed by atoms with van der Waals surface area (Å²) in [5.74, 6) is -1.88. The van der Waals surface area contributed by atoms with Gasteiger partial charge in [0.15, 0.2) is 0 Å². The fourth-order valence-corrected chi connectivity index (χ4v) is 3.63. The Labute approximate surface area is 193 Å². The van der Waals surface area contributed by atoms with E-state index in [1.807, 2.05) is 30.3 Å². The van der Waals surface area contributed by atoms with Crippen LogP contribution >= 0.6 is 0 Å².